The summed E-state index contributed by atoms with van der Waals surface area (Å²) in [6.07, 6.45) is 83.5. The molecule has 79 heavy (non-hydrogen) atoms. The first-order valence-electron chi connectivity index (χ1n) is 34.2. The van der Waals surface area contributed by atoms with Gasteiger partial charge in [-0.1, -0.05) is 306 Å². The van der Waals surface area contributed by atoms with Crippen LogP contribution in [0.3, 0.4) is 0 Å². The molecule has 0 saturated heterocycles. The number of nitrogens with zero attached hydrogens (tertiary/aromatic N) is 1. The third-order valence-electron chi connectivity index (χ3n) is 15.4. The van der Waals surface area contributed by atoms with Crippen LogP contribution in [0, 0.1) is 0 Å². The van der Waals surface area contributed by atoms with Gasteiger partial charge in [0.1, 0.15) is 13.2 Å². The van der Waals surface area contributed by atoms with Crippen LogP contribution >= 0.6 is 7.82 Å². The molecule has 0 aromatic heterocycles. The summed E-state index contributed by atoms with van der Waals surface area (Å²) in [5.41, 5.74) is 0. The maximum Gasteiger partial charge on any atom is 0.268 e. The molecule has 0 aliphatic rings. The zero-order valence-corrected chi connectivity index (χ0v) is 54.0. The summed E-state index contributed by atoms with van der Waals surface area (Å²) in [6, 6.07) is -0.912. The number of carbonyl (C=O) groups excluding carboxylic acids is 1. The van der Waals surface area contributed by atoms with Crippen LogP contribution in [0.1, 0.15) is 328 Å². The minimum atomic E-state index is -4.61. The highest BCUT2D eigenvalue weighted by Gasteiger charge is 2.23. The van der Waals surface area contributed by atoms with Crippen LogP contribution in [0.25, 0.3) is 0 Å². The number of nitrogens with one attached hydrogen (secondary N) is 1. The van der Waals surface area contributed by atoms with Crippen LogP contribution < -0.4 is 10.2 Å². The van der Waals surface area contributed by atoms with E-state index in [0.29, 0.717) is 17.4 Å². The van der Waals surface area contributed by atoms with Crippen molar-refractivity contribution < 1.29 is 32.9 Å². The monoisotopic (exact) mass is 1130 g/mol. The lowest BCUT2D eigenvalue weighted by atomic mass is 10.0. The van der Waals surface area contributed by atoms with Crippen molar-refractivity contribution in [3.63, 3.8) is 0 Å². The Labute approximate surface area is 492 Å². The molecule has 0 saturated carbocycles. The fourth-order valence-electron chi connectivity index (χ4n) is 10.1. The molecule has 8 nitrogen and oxygen atoms in total. The third kappa shape index (κ3) is 63.6. The molecule has 0 bridgehead atoms. The predicted molar refractivity (Wildman–Crippen MR) is 344 cm³/mol. The Bertz CT molecular complexity index is 1470. The number of unbranched alkanes of at least 4 members (excludes halogenated alkanes) is 42. The number of amides is 1. The minimum absolute atomic E-state index is 0.00939. The van der Waals surface area contributed by atoms with Crippen molar-refractivity contribution in [1.82, 2.24) is 5.32 Å². The van der Waals surface area contributed by atoms with Crippen molar-refractivity contribution in [1.29, 1.82) is 0 Å². The highest BCUT2D eigenvalue weighted by atomic mass is 31.2. The summed E-state index contributed by atoms with van der Waals surface area (Å²) in [7, 11) is 1.24. The first-order chi connectivity index (χ1) is 38.5. The molecule has 0 aromatic carbocycles. The van der Waals surface area contributed by atoms with Gasteiger partial charge in [-0.3, -0.25) is 9.36 Å². The fourth-order valence-corrected chi connectivity index (χ4v) is 10.8. The number of phosphoric acid groups is 1. The first kappa shape index (κ1) is 77.2. The number of phosphoric ester groups is 1. The van der Waals surface area contributed by atoms with Crippen molar-refractivity contribution in [3.8, 4) is 0 Å². The second-order valence-electron chi connectivity index (χ2n) is 24.5. The van der Waals surface area contributed by atoms with Gasteiger partial charge in [0.15, 0.2) is 0 Å². The lowest BCUT2D eigenvalue weighted by molar-refractivity contribution is -0.870. The Morgan fingerprint density at radius 2 is 0.747 bits per heavy atom. The molecule has 0 radical (unpaired) electrons. The number of allylic oxidation sites excluding steroid dienone is 9. The fraction of sp³-hybridized carbons (Fsp3) is 0.843. The van der Waals surface area contributed by atoms with Crippen LogP contribution in [0.4, 0.5) is 0 Å². The standard InChI is InChI=1S/C70H133N2O6P/c1-6-8-10-12-14-16-18-20-22-24-26-28-30-31-32-33-34-35-36-37-38-39-40-41-42-44-46-48-50-52-54-56-58-60-62-64-70(74)71-68(67-78-79(75,76)77-66-65-72(3,4)5)69(73)63-61-59-57-55-53-51-49-47-45-43-29-27-25-23-21-19-17-15-13-11-9-7-2/h30-31,33-34,45,47,53,55,61,63,68-69,73H,6-29,32,35-44,46,48-52,54,56-60,62,64-67H2,1-5H3,(H-,71,74,75,76)/b31-30-,34-33-,47-45+,55-53+,63-61+. The quantitative estimate of drug-likeness (QED) is 0.0272. The number of hydrogen-bond acceptors (Lipinski definition) is 6. The summed E-state index contributed by atoms with van der Waals surface area (Å²) in [5.74, 6) is -0.208. The average molecular weight is 1130 g/mol. The van der Waals surface area contributed by atoms with E-state index in [4.69, 9.17) is 9.05 Å². The van der Waals surface area contributed by atoms with E-state index in [1.807, 2.05) is 27.2 Å². The zero-order chi connectivity index (χ0) is 57.7. The summed E-state index contributed by atoms with van der Waals surface area (Å²) in [4.78, 5) is 25.6. The number of hydrogen-bond donors (Lipinski definition) is 2. The lowest BCUT2D eigenvalue weighted by Crippen LogP contribution is -2.45. The Morgan fingerprint density at radius 1 is 0.443 bits per heavy atom. The summed E-state index contributed by atoms with van der Waals surface area (Å²) >= 11 is 0. The number of rotatable bonds is 63. The maximum absolute atomic E-state index is 13.0. The van der Waals surface area contributed by atoms with Gasteiger partial charge < -0.3 is 28.8 Å². The molecular weight excluding hydrogens is 996 g/mol. The molecule has 3 unspecified atom stereocenters. The van der Waals surface area contributed by atoms with E-state index in [-0.39, 0.29) is 12.5 Å². The van der Waals surface area contributed by atoms with E-state index in [1.54, 1.807) is 6.08 Å². The van der Waals surface area contributed by atoms with E-state index in [1.165, 1.54) is 257 Å². The van der Waals surface area contributed by atoms with E-state index in [0.717, 1.165) is 51.4 Å². The smallest absolute Gasteiger partial charge is 0.268 e. The number of quaternary nitrogens is 1. The molecule has 3 atom stereocenters. The van der Waals surface area contributed by atoms with Crippen molar-refractivity contribution in [2.45, 2.75) is 341 Å². The van der Waals surface area contributed by atoms with Crippen LogP contribution in [0.15, 0.2) is 60.8 Å². The molecule has 0 aliphatic carbocycles. The first-order valence-corrected chi connectivity index (χ1v) is 35.6. The second kappa shape index (κ2) is 60.8. The van der Waals surface area contributed by atoms with Gasteiger partial charge in [0, 0.05) is 6.42 Å². The predicted octanol–water partition coefficient (Wildman–Crippen LogP) is 21.0. The Balaban J connectivity index is 4.08. The van der Waals surface area contributed by atoms with Gasteiger partial charge in [0.2, 0.25) is 5.91 Å². The van der Waals surface area contributed by atoms with Gasteiger partial charge in [0.05, 0.1) is 39.9 Å². The largest absolute Gasteiger partial charge is 0.756 e. The van der Waals surface area contributed by atoms with Crippen LogP contribution in [-0.2, 0) is 18.4 Å². The molecule has 0 rings (SSSR count). The molecule has 0 spiro atoms. The van der Waals surface area contributed by atoms with E-state index < -0.39 is 26.6 Å². The Morgan fingerprint density at radius 3 is 1.10 bits per heavy atom. The van der Waals surface area contributed by atoms with Gasteiger partial charge in [-0.2, -0.15) is 0 Å². The minimum Gasteiger partial charge on any atom is -0.756 e. The molecule has 2 N–H and O–H groups in total. The normalized spacial score (nSPS) is 14.1. The molecule has 0 fully saturated rings. The highest BCUT2D eigenvalue weighted by molar-refractivity contribution is 7.45. The number of aliphatic hydroxyl groups excluding tert-OH is 1. The number of likely N-dealkylation sites (N-methyl/N-ethyl adjacent to an activating group) is 1. The van der Waals surface area contributed by atoms with Crippen molar-refractivity contribution >= 4 is 13.7 Å². The summed E-state index contributed by atoms with van der Waals surface area (Å²) in [5, 5.41) is 13.9. The highest BCUT2D eigenvalue weighted by Crippen LogP contribution is 2.38. The Kier molecular flexibility index (Phi) is 59.4. The van der Waals surface area contributed by atoms with Gasteiger partial charge in [-0.15, -0.1) is 0 Å². The van der Waals surface area contributed by atoms with Crippen LogP contribution in [0.2, 0.25) is 0 Å². The molecular formula is C70H133N2O6P. The average Bonchev–Trinajstić information content (AvgIpc) is 3.42. The van der Waals surface area contributed by atoms with Crippen molar-refractivity contribution in [2.24, 2.45) is 0 Å². The lowest BCUT2D eigenvalue weighted by Gasteiger charge is -2.29. The summed E-state index contributed by atoms with van der Waals surface area (Å²) < 4.78 is 23.4. The molecule has 0 heterocycles. The van der Waals surface area contributed by atoms with Gasteiger partial charge in [-0.25, -0.2) is 0 Å². The van der Waals surface area contributed by atoms with Crippen molar-refractivity contribution in [2.75, 3.05) is 40.9 Å². The van der Waals surface area contributed by atoms with E-state index in [2.05, 4.69) is 67.8 Å². The van der Waals surface area contributed by atoms with E-state index >= 15 is 0 Å². The van der Waals surface area contributed by atoms with Gasteiger partial charge in [0.25, 0.3) is 7.82 Å². The van der Waals surface area contributed by atoms with Crippen molar-refractivity contribution in [3.05, 3.63) is 60.8 Å². The molecule has 464 valence electrons. The molecule has 0 aromatic rings. The second-order valence-corrected chi connectivity index (χ2v) is 25.9. The Hall–Kier alpha value is -1.80. The maximum atomic E-state index is 13.0. The topological polar surface area (TPSA) is 108 Å². The third-order valence-corrected chi connectivity index (χ3v) is 16.4. The summed E-state index contributed by atoms with van der Waals surface area (Å²) in [6.45, 7) is 4.66. The van der Waals surface area contributed by atoms with Gasteiger partial charge >= 0.3 is 0 Å². The molecule has 0 aliphatic heterocycles. The van der Waals surface area contributed by atoms with E-state index in [9.17, 15) is 19.4 Å². The zero-order valence-electron chi connectivity index (χ0n) is 53.1. The molecule has 9 heteroatoms. The van der Waals surface area contributed by atoms with Gasteiger partial charge in [-0.05, 0) is 77.0 Å². The van der Waals surface area contributed by atoms with Crippen LogP contribution in [-0.4, -0.2) is 68.5 Å². The van der Waals surface area contributed by atoms with Crippen LogP contribution in [0.5, 0.6) is 0 Å². The number of carbonyl (C=O) groups is 1. The SMILES string of the molecule is CCCCCCCCCCCCC/C=C\C/C=C\CCCCCCCCCCCCCCCCCCCC(=O)NC(COP(=O)([O-])OCC[N+](C)(C)C)C(O)/C=C/CC/C=C/CC/C=C/CCCCCCCCCCCCCC. The molecule has 1 amide bonds. The number of aliphatic hydroxyl groups is 1.